The highest BCUT2D eigenvalue weighted by Crippen LogP contribution is 2.18. The standard InChI is InChI=1S/C12H22N4O2S/c1-8-5-4-6-13-11(8)7-14-19(17,18)12-9(2)15-16-10(12)3/h8,11,13-14H,4-7H2,1-3H3,(H,15,16). The number of aryl methyl sites for hydroxylation is 2. The van der Waals surface area contributed by atoms with Gasteiger partial charge < -0.3 is 5.32 Å². The van der Waals surface area contributed by atoms with Crippen LogP contribution in [0.1, 0.15) is 31.2 Å². The molecule has 0 saturated carbocycles. The van der Waals surface area contributed by atoms with E-state index in [1.165, 1.54) is 0 Å². The molecule has 1 aromatic rings. The maximum Gasteiger partial charge on any atom is 0.244 e. The number of nitrogens with zero attached hydrogens (tertiary/aromatic N) is 1. The van der Waals surface area contributed by atoms with Gasteiger partial charge in [-0.25, -0.2) is 13.1 Å². The Hall–Kier alpha value is -0.920. The maximum atomic E-state index is 12.3. The van der Waals surface area contributed by atoms with Gasteiger partial charge >= 0.3 is 0 Å². The van der Waals surface area contributed by atoms with Gasteiger partial charge in [0, 0.05) is 12.6 Å². The van der Waals surface area contributed by atoms with E-state index < -0.39 is 10.0 Å². The molecule has 2 rings (SSSR count). The molecule has 0 amide bonds. The van der Waals surface area contributed by atoms with Crippen molar-refractivity contribution in [3.63, 3.8) is 0 Å². The van der Waals surface area contributed by atoms with Crippen LogP contribution in [0.15, 0.2) is 4.90 Å². The molecule has 1 fully saturated rings. The minimum Gasteiger partial charge on any atom is -0.312 e. The lowest BCUT2D eigenvalue weighted by atomic mass is 9.93. The molecule has 2 heterocycles. The number of hydrogen-bond donors (Lipinski definition) is 3. The fourth-order valence-corrected chi connectivity index (χ4v) is 4.02. The Morgan fingerprint density at radius 2 is 2.16 bits per heavy atom. The van der Waals surface area contributed by atoms with E-state index in [0.29, 0.717) is 23.9 Å². The molecule has 6 nitrogen and oxygen atoms in total. The average Bonchev–Trinajstić information content (AvgIpc) is 2.69. The van der Waals surface area contributed by atoms with E-state index in [1.807, 2.05) is 0 Å². The van der Waals surface area contributed by atoms with Crippen molar-refractivity contribution >= 4 is 10.0 Å². The van der Waals surface area contributed by atoms with Crippen molar-refractivity contribution < 1.29 is 8.42 Å². The quantitative estimate of drug-likeness (QED) is 0.760. The average molecular weight is 286 g/mol. The molecule has 1 aliphatic rings. The molecule has 7 heteroatoms. The zero-order valence-electron chi connectivity index (χ0n) is 11.7. The Labute approximate surface area is 114 Å². The molecule has 3 N–H and O–H groups in total. The molecular formula is C12H22N4O2S. The van der Waals surface area contributed by atoms with Crippen LogP contribution in [0.4, 0.5) is 0 Å². The highest BCUT2D eigenvalue weighted by Gasteiger charge is 2.26. The molecular weight excluding hydrogens is 264 g/mol. The number of aromatic amines is 1. The smallest absolute Gasteiger partial charge is 0.244 e. The first-order valence-electron chi connectivity index (χ1n) is 6.66. The van der Waals surface area contributed by atoms with Crippen molar-refractivity contribution in [1.29, 1.82) is 0 Å². The number of sulfonamides is 1. The SMILES string of the molecule is Cc1n[nH]c(C)c1S(=O)(=O)NCC1NCCCC1C. The Morgan fingerprint density at radius 3 is 2.74 bits per heavy atom. The second kappa shape index (κ2) is 5.60. The van der Waals surface area contributed by atoms with E-state index in [0.717, 1.165) is 19.4 Å². The number of aromatic nitrogens is 2. The van der Waals surface area contributed by atoms with E-state index in [2.05, 4.69) is 27.2 Å². The van der Waals surface area contributed by atoms with E-state index in [1.54, 1.807) is 13.8 Å². The molecule has 0 aromatic carbocycles. The highest BCUT2D eigenvalue weighted by atomic mass is 32.2. The third kappa shape index (κ3) is 3.16. The Bertz CT molecular complexity index is 518. The summed E-state index contributed by atoms with van der Waals surface area (Å²) in [6.07, 6.45) is 2.30. The van der Waals surface area contributed by atoms with Gasteiger partial charge in [-0.3, -0.25) is 5.10 Å². The third-order valence-corrected chi connectivity index (χ3v) is 5.44. The summed E-state index contributed by atoms with van der Waals surface area (Å²) in [5, 5.41) is 10.0. The summed E-state index contributed by atoms with van der Waals surface area (Å²) in [5.74, 6) is 0.489. The molecule has 0 aliphatic carbocycles. The molecule has 0 bridgehead atoms. The molecule has 1 saturated heterocycles. The molecule has 0 spiro atoms. The van der Waals surface area contributed by atoms with Crippen molar-refractivity contribution in [3.8, 4) is 0 Å². The fraction of sp³-hybridized carbons (Fsp3) is 0.750. The van der Waals surface area contributed by atoms with Gasteiger partial charge in [0.2, 0.25) is 10.0 Å². The third-order valence-electron chi connectivity index (χ3n) is 3.75. The summed E-state index contributed by atoms with van der Waals surface area (Å²) < 4.78 is 27.3. The minimum atomic E-state index is -3.48. The van der Waals surface area contributed by atoms with Crippen LogP contribution in [0.2, 0.25) is 0 Å². The first-order chi connectivity index (χ1) is 8.92. The van der Waals surface area contributed by atoms with Crippen LogP contribution in [0.25, 0.3) is 0 Å². The Morgan fingerprint density at radius 1 is 1.42 bits per heavy atom. The first-order valence-corrected chi connectivity index (χ1v) is 8.14. The summed E-state index contributed by atoms with van der Waals surface area (Å²) >= 11 is 0. The van der Waals surface area contributed by atoms with Crippen LogP contribution in [0.5, 0.6) is 0 Å². The predicted molar refractivity (Wildman–Crippen MR) is 73.4 cm³/mol. The largest absolute Gasteiger partial charge is 0.312 e. The van der Waals surface area contributed by atoms with Crippen molar-refractivity contribution in [3.05, 3.63) is 11.4 Å². The van der Waals surface area contributed by atoms with Crippen molar-refractivity contribution in [2.24, 2.45) is 5.92 Å². The number of piperidine rings is 1. The van der Waals surface area contributed by atoms with E-state index in [-0.39, 0.29) is 10.9 Å². The van der Waals surface area contributed by atoms with Gasteiger partial charge in [0.05, 0.1) is 11.4 Å². The normalized spacial score (nSPS) is 24.6. The van der Waals surface area contributed by atoms with Crippen LogP contribution < -0.4 is 10.0 Å². The maximum absolute atomic E-state index is 12.3. The first kappa shape index (κ1) is 14.5. The van der Waals surface area contributed by atoms with Gasteiger partial charge in [-0.15, -0.1) is 0 Å². The number of H-pyrrole nitrogens is 1. The lowest BCUT2D eigenvalue weighted by Crippen LogP contribution is -2.47. The molecule has 2 atom stereocenters. The lowest BCUT2D eigenvalue weighted by molar-refractivity contribution is 0.300. The van der Waals surface area contributed by atoms with Crippen LogP contribution in [0.3, 0.4) is 0 Å². The lowest BCUT2D eigenvalue weighted by Gasteiger charge is -2.30. The van der Waals surface area contributed by atoms with Crippen molar-refractivity contribution in [1.82, 2.24) is 20.2 Å². The molecule has 108 valence electrons. The van der Waals surface area contributed by atoms with Gasteiger partial charge in [0.25, 0.3) is 0 Å². The molecule has 2 unspecified atom stereocenters. The van der Waals surface area contributed by atoms with E-state index in [9.17, 15) is 8.42 Å². The molecule has 0 radical (unpaired) electrons. The topological polar surface area (TPSA) is 86.9 Å². The zero-order chi connectivity index (χ0) is 14.0. The van der Waals surface area contributed by atoms with Gasteiger partial charge in [0.1, 0.15) is 4.90 Å². The summed E-state index contributed by atoms with van der Waals surface area (Å²) in [4.78, 5) is 0.274. The highest BCUT2D eigenvalue weighted by molar-refractivity contribution is 7.89. The van der Waals surface area contributed by atoms with Crippen molar-refractivity contribution in [2.75, 3.05) is 13.1 Å². The second-order valence-corrected chi connectivity index (χ2v) is 7.00. The summed E-state index contributed by atoms with van der Waals surface area (Å²) in [6.45, 7) is 6.95. The van der Waals surface area contributed by atoms with Gasteiger partial charge in [0.15, 0.2) is 0 Å². The molecule has 1 aromatic heterocycles. The van der Waals surface area contributed by atoms with Gasteiger partial charge in [-0.2, -0.15) is 5.10 Å². The van der Waals surface area contributed by atoms with Gasteiger partial charge in [-0.05, 0) is 39.2 Å². The summed E-state index contributed by atoms with van der Waals surface area (Å²) in [7, 11) is -3.48. The minimum absolute atomic E-state index is 0.205. The van der Waals surface area contributed by atoms with Crippen LogP contribution in [0, 0.1) is 19.8 Å². The second-order valence-electron chi connectivity index (χ2n) is 5.30. The van der Waals surface area contributed by atoms with Crippen LogP contribution in [-0.4, -0.2) is 37.7 Å². The number of hydrogen-bond acceptors (Lipinski definition) is 4. The van der Waals surface area contributed by atoms with Crippen LogP contribution >= 0.6 is 0 Å². The van der Waals surface area contributed by atoms with Crippen LogP contribution in [-0.2, 0) is 10.0 Å². The Balaban J connectivity index is 2.06. The molecule has 19 heavy (non-hydrogen) atoms. The summed E-state index contributed by atoms with van der Waals surface area (Å²) in [6, 6.07) is 0.205. The van der Waals surface area contributed by atoms with E-state index in [4.69, 9.17) is 0 Å². The molecule has 1 aliphatic heterocycles. The zero-order valence-corrected chi connectivity index (χ0v) is 12.5. The number of rotatable bonds is 4. The summed E-state index contributed by atoms with van der Waals surface area (Å²) in [5.41, 5.74) is 1.09. The predicted octanol–water partition coefficient (Wildman–Crippen LogP) is 0.693. The monoisotopic (exact) mass is 286 g/mol. The van der Waals surface area contributed by atoms with E-state index >= 15 is 0 Å². The van der Waals surface area contributed by atoms with Crippen molar-refractivity contribution in [2.45, 2.75) is 44.6 Å². The number of nitrogens with one attached hydrogen (secondary N) is 3. The van der Waals surface area contributed by atoms with Gasteiger partial charge in [-0.1, -0.05) is 6.92 Å². The Kier molecular flexibility index (Phi) is 4.27. The fourth-order valence-electron chi connectivity index (χ4n) is 2.60.